The highest BCUT2D eigenvalue weighted by atomic mass is 16.5. The van der Waals surface area contributed by atoms with Crippen molar-refractivity contribution in [3.8, 4) is 5.75 Å². The second kappa shape index (κ2) is 3.73. The molecule has 4 nitrogen and oxygen atoms in total. The predicted molar refractivity (Wildman–Crippen MR) is 56.4 cm³/mol. The molecular formula is C11H12N2O2. The molecule has 4 heteroatoms. The van der Waals surface area contributed by atoms with E-state index < -0.39 is 0 Å². The largest absolute Gasteiger partial charge is 0.495 e. The number of fused-ring (bicyclic) bond motifs is 1. The molecule has 15 heavy (non-hydrogen) atoms. The van der Waals surface area contributed by atoms with Crippen LogP contribution in [0.5, 0.6) is 5.75 Å². The fourth-order valence-corrected chi connectivity index (χ4v) is 1.49. The quantitative estimate of drug-likeness (QED) is 0.717. The molecule has 0 radical (unpaired) electrons. The van der Waals surface area contributed by atoms with Crippen LogP contribution in [0, 0.1) is 0 Å². The third kappa shape index (κ3) is 1.58. The topological polar surface area (TPSA) is 43.6 Å². The van der Waals surface area contributed by atoms with Crippen LogP contribution in [0.25, 0.3) is 5.52 Å². The van der Waals surface area contributed by atoms with Crippen molar-refractivity contribution in [1.29, 1.82) is 0 Å². The average molecular weight is 204 g/mol. The number of pyridine rings is 1. The normalized spacial score (nSPS) is 10.5. The summed E-state index contributed by atoms with van der Waals surface area (Å²) in [7, 11) is 1.60. The van der Waals surface area contributed by atoms with Gasteiger partial charge in [-0.3, -0.25) is 4.79 Å². The van der Waals surface area contributed by atoms with Crippen molar-refractivity contribution < 1.29 is 9.53 Å². The Bertz CT molecular complexity index is 502. The van der Waals surface area contributed by atoms with E-state index in [4.69, 9.17) is 4.74 Å². The maximum absolute atomic E-state index is 11.6. The number of hydrogen-bond acceptors (Lipinski definition) is 3. The van der Waals surface area contributed by atoms with E-state index in [2.05, 4.69) is 5.10 Å². The number of ketones is 1. The van der Waals surface area contributed by atoms with Crippen molar-refractivity contribution >= 4 is 11.3 Å². The molecule has 0 aromatic carbocycles. The first-order valence-corrected chi connectivity index (χ1v) is 4.81. The monoisotopic (exact) mass is 204 g/mol. The molecule has 0 amide bonds. The Balaban J connectivity index is 2.57. The number of aromatic nitrogens is 2. The van der Waals surface area contributed by atoms with E-state index in [-0.39, 0.29) is 5.78 Å². The van der Waals surface area contributed by atoms with E-state index in [0.29, 0.717) is 12.0 Å². The standard InChI is InChI=1S/C11H12N2O2/c1-3-11(14)9-6-12-13-7-8(15-2)4-5-10(9)13/h4-7H,3H2,1-2H3. The summed E-state index contributed by atoms with van der Waals surface area (Å²) in [6.45, 7) is 1.84. The Labute approximate surface area is 87.5 Å². The number of nitrogens with zero attached hydrogens (tertiary/aromatic N) is 2. The smallest absolute Gasteiger partial charge is 0.166 e. The molecule has 0 saturated carbocycles. The maximum atomic E-state index is 11.6. The molecule has 0 atom stereocenters. The van der Waals surface area contributed by atoms with Crippen molar-refractivity contribution in [2.24, 2.45) is 0 Å². The van der Waals surface area contributed by atoms with Gasteiger partial charge in [-0.25, -0.2) is 4.52 Å². The zero-order valence-corrected chi connectivity index (χ0v) is 8.73. The molecule has 0 fully saturated rings. The van der Waals surface area contributed by atoms with Crippen LogP contribution < -0.4 is 4.74 Å². The van der Waals surface area contributed by atoms with E-state index in [9.17, 15) is 4.79 Å². The number of ether oxygens (including phenoxy) is 1. The van der Waals surface area contributed by atoms with Gasteiger partial charge in [0.2, 0.25) is 0 Å². The Kier molecular flexibility index (Phi) is 2.41. The molecule has 0 unspecified atom stereocenters. The molecule has 0 N–H and O–H groups in total. The van der Waals surface area contributed by atoms with Gasteiger partial charge < -0.3 is 4.74 Å². The van der Waals surface area contributed by atoms with E-state index in [0.717, 1.165) is 11.3 Å². The van der Waals surface area contributed by atoms with Gasteiger partial charge in [0, 0.05) is 6.42 Å². The summed E-state index contributed by atoms with van der Waals surface area (Å²) in [5, 5.41) is 4.11. The van der Waals surface area contributed by atoms with Crippen molar-refractivity contribution in [3.05, 3.63) is 30.1 Å². The van der Waals surface area contributed by atoms with E-state index in [1.807, 2.05) is 19.1 Å². The average Bonchev–Trinajstić information content (AvgIpc) is 2.70. The summed E-state index contributed by atoms with van der Waals surface area (Å²) in [6, 6.07) is 3.66. The van der Waals surface area contributed by atoms with Crippen molar-refractivity contribution in [2.75, 3.05) is 7.11 Å². The van der Waals surface area contributed by atoms with E-state index >= 15 is 0 Å². The van der Waals surface area contributed by atoms with E-state index in [1.165, 1.54) is 0 Å². The molecule has 2 heterocycles. The van der Waals surface area contributed by atoms with Gasteiger partial charge in [-0.2, -0.15) is 5.10 Å². The second-order valence-corrected chi connectivity index (χ2v) is 3.23. The number of Topliss-reactive ketones (excluding diaryl/α,β-unsaturated/α-hetero) is 1. The van der Waals surface area contributed by atoms with Gasteiger partial charge in [0.05, 0.1) is 30.6 Å². The van der Waals surface area contributed by atoms with Gasteiger partial charge in [-0.05, 0) is 12.1 Å². The SMILES string of the molecule is CCC(=O)c1cnn2cc(OC)ccc12. The Morgan fingerprint density at radius 1 is 1.53 bits per heavy atom. The first kappa shape index (κ1) is 9.71. The van der Waals surface area contributed by atoms with Crippen LogP contribution in [-0.4, -0.2) is 22.5 Å². The lowest BCUT2D eigenvalue weighted by Crippen LogP contribution is -1.96. The molecule has 0 saturated heterocycles. The first-order chi connectivity index (χ1) is 7.26. The summed E-state index contributed by atoms with van der Waals surface area (Å²) in [6.07, 6.45) is 3.84. The minimum Gasteiger partial charge on any atom is -0.495 e. The Hall–Kier alpha value is -1.84. The molecule has 0 bridgehead atoms. The number of rotatable bonds is 3. The van der Waals surface area contributed by atoms with Gasteiger partial charge in [0.1, 0.15) is 5.75 Å². The molecule has 0 aliphatic carbocycles. The van der Waals surface area contributed by atoms with Gasteiger partial charge in [-0.1, -0.05) is 6.92 Å². The second-order valence-electron chi connectivity index (χ2n) is 3.23. The molecule has 2 aromatic heterocycles. The summed E-state index contributed by atoms with van der Waals surface area (Å²) < 4.78 is 6.73. The van der Waals surface area contributed by atoms with Crippen LogP contribution in [0.2, 0.25) is 0 Å². The van der Waals surface area contributed by atoms with Crippen molar-refractivity contribution in [1.82, 2.24) is 9.61 Å². The molecule has 78 valence electrons. The van der Waals surface area contributed by atoms with Crippen LogP contribution in [0.3, 0.4) is 0 Å². The van der Waals surface area contributed by atoms with Crippen LogP contribution in [0.15, 0.2) is 24.5 Å². The van der Waals surface area contributed by atoms with Crippen LogP contribution in [0.1, 0.15) is 23.7 Å². The molecular weight excluding hydrogens is 192 g/mol. The summed E-state index contributed by atoms with van der Waals surface area (Å²) in [5.74, 6) is 0.830. The zero-order chi connectivity index (χ0) is 10.8. The summed E-state index contributed by atoms with van der Waals surface area (Å²) >= 11 is 0. The fraction of sp³-hybridized carbons (Fsp3) is 0.273. The number of carbonyl (C=O) groups excluding carboxylic acids is 1. The lowest BCUT2D eigenvalue weighted by Gasteiger charge is -2.00. The van der Waals surface area contributed by atoms with Crippen molar-refractivity contribution in [3.63, 3.8) is 0 Å². The molecule has 2 rings (SSSR count). The van der Waals surface area contributed by atoms with Gasteiger partial charge in [0.15, 0.2) is 5.78 Å². The fourth-order valence-electron chi connectivity index (χ4n) is 1.49. The molecule has 2 aromatic rings. The number of carbonyl (C=O) groups is 1. The number of methoxy groups -OCH3 is 1. The Morgan fingerprint density at radius 3 is 3.00 bits per heavy atom. The molecule has 0 aliphatic rings. The predicted octanol–water partition coefficient (Wildman–Crippen LogP) is 1.94. The highest BCUT2D eigenvalue weighted by Gasteiger charge is 2.10. The minimum atomic E-state index is 0.107. The van der Waals surface area contributed by atoms with Crippen LogP contribution >= 0.6 is 0 Å². The molecule has 0 spiro atoms. The lowest BCUT2D eigenvalue weighted by molar-refractivity contribution is 0.0989. The number of hydrogen-bond donors (Lipinski definition) is 0. The van der Waals surface area contributed by atoms with Gasteiger partial charge in [-0.15, -0.1) is 0 Å². The van der Waals surface area contributed by atoms with Gasteiger partial charge in [0.25, 0.3) is 0 Å². The van der Waals surface area contributed by atoms with Crippen LogP contribution in [0.4, 0.5) is 0 Å². The maximum Gasteiger partial charge on any atom is 0.166 e. The van der Waals surface area contributed by atoms with E-state index in [1.54, 1.807) is 24.0 Å². The Morgan fingerprint density at radius 2 is 2.33 bits per heavy atom. The third-order valence-corrected chi connectivity index (χ3v) is 2.35. The van der Waals surface area contributed by atoms with Crippen LogP contribution in [-0.2, 0) is 0 Å². The highest BCUT2D eigenvalue weighted by Crippen LogP contribution is 2.17. The third-order valence-electron chi connectivity index (χ3n) is 2.35. The van der Waals surface area contributed by atoms with Gasteiger partial charge >= 0.3 is 0 Å². The summed E-state index contributed by atoms with van der Waals surface area (Å²) in [4.78, 5) is 11.6. The lowest BCUT2D eigenvalue weighted by atomic mass is 10.1. The summed E-state index contributed by atoms with van der Waals surface area (Å²) in [5.41, 5.74) is 1.49. The zero-order valence-electron chi connectivity index (χ0n) is 8.73. The first-order valence-electron chi connectivity index (χ1n) is 4.81. The highest BCUT2D eigenvalue weighted by molar-refractivity contribution is 6.01. The van der Waals surface area contributed by atoms with Crippen molar-refractivity contribution in [2.45, 2.75) is 13.3 Å². The minimum absolute atomic E-state index is 0.107. The molecule has 0 aliphatic heterocycles.